The van der Waals surface area contributed by atoms with Crippen LogP contribution in [0, 0.1) is 52.3 Å². The third-order valence-electron chi connectivity index (χ3n) is 11.1. The van der Waals surface area contributed by atoms with Crippen LogP contribution in [0.2, 0.25) is 0 Å². The number of hydrogen-bond donors (Lipinski definition) is 3. The number of unbranched alkanes of at least 4 members (excludes halogenated alkanes) is 1. The molecule has 30 heavy (non-hydrogen) atoms. The summed E-state index contributed by atoms with van der Waals surface area (Å²) in [5, 5.41) is 33.9. The van der Waals surface area contributed by atoms with Crippen molar-refractivity contribution in [2.75, 3.05) is 0 Å². The van der Waals surface area contributed by atoms with Crippen LogP contribution < -0.4 is 0 Å². The minimum absolute atomic E-state index is 0.0520. The van der Waals surface area contributed by atoms with Crippen LogP contribution >= 0.6 is 0 Å². The van der Waals surface area contributed by atoms with Crippen LogP contribution in [0.4, 0.5) is 0 Å². The largest absolute Gasteiger partial charge is 0.393 e. The first kappa shape index (κ1) is 23.1. The molecule has 4 saturated carbocycles. The van der Waals surface area contributed by atoms with Gasteiger partial charge in [-0.05, 0) is 90.8 Å². The van der Waals surface area contributed by atoms with Crippen LogP contribution in [-0.4, -0.2) is 33.6 Å². The maximum absolute atomic E-state index is 11.8. The highest BCUT2D eigenvalue weighted by molar-refractivity contribution is 5.15. The Morgan fingerprint density at radius 1 is 0.967 bits per heavy atom. The van der Waals surface area contributed by atoms with Gasteiger partial charge in [0.1, 0.15) is 0 Å². The van der Waals surface area contributed by atoms with Gasteiger partial charge < -0.3 is 15.3 Å². The number of rotatable bonds is 5. The highest BCUT2D eigenvalue weighted by Gasteiger charge is 2.67. The summed E-state index contributed by atoms with van der Waals surface area (Å²) in [7, 11) is 0. The molecule has 4 aliphatic carbocycles. The molecule has 3 nitrogen and oxygen atoms in total. The predicted molar refractivity (Wildman–Crippen MR) is 122 cm³/mol. The van der Waals surface area contributed by atoms with Gasteiger partial charge in [0, 0.05) is 0 Å². The minimum atomic E-state index is -0.327. The van der Waals surface area contributed by atoms with E-state index in [0.29, 0.717) is 23.7 Å². The van der Waals surface area contributed by atoms with Gasteiger partial charge in [-0.25, -0.2) is 0 Å². The Hall–Kier alpha value is -0.120. The second-order valence-corrected chi connectivity index (χ2v) is 12.4. The van der Waals surface area contributed by atoms with Crippen molar-refractivity contribution in [2.24, 2.45) is 52.3 Å². The fourth-order valence-corrected chi connectivity index (χ4v) is 9.77. The molecule has 0 aromatic carbocycles. The zero-order valence-electron chi connectivity index (χ0n) is 20.2. The smallest absolute Gasteiger partial charge is 0.0605 e. The SMILES string of the molecule is CCCC[C@@H](C)[C@H]1CCC2[C@H]3C(C(O)C[C@@]21C)[C@@]1(C)CC[C@@H](O)C[C@H]1[C@@H](CC)[C@H]3O. The lowest BCUT2D eigenvalue weighted by atomic mass is 9.40. The highest BCUT2D eigenvalue weighted by atomic mass is 16.3. The first-order chi connectivity index (χ1) is 14.2. The van der Waals surface area contributed by atoms with Gasteiger partial charge in [-0.2, -0.15) is 0 Å². The van der Waals surface area contributed by atoms with Crippen molar-refractivity contribution in [1.29, 1.82) is 0 Å². The maximum Gasteiger partial charge on any atom is 0.0605 e. The molecular formula is C27H48O3. The molecule has 0 aliphatic heterocycles. The Labute approximate surface area is 185 Å². The molecule has 3 N–H and O–H groups in total. The van der Waals surface area contributed by atoms with Crippen LogP contribution in [0.15, 0.2) is 0 Å². The minimum Gasteiger partial charge on any atom is -0.393 e. The van der Waals surface area contributed by atoms with E-state index < -0.39 is 0 Å². The van der Waals surface area contributed by atoms with E-state index in [9.17, 15) is 15.3 Å². The first-order valence-corrected chi connectivity index (χ1v) is 13.2. The number of fused-ring (bicyclic) bond motifs is 5. The molecule has 4 fully saturated rings. The Balaban J connectivity index is 1.68. The summed E-state index contributed by atoms with van der Waals surface area (Å²) in [6, 6.07) is 0. The molecule has 0 radical (unpaired) electrons. The summed E-state index contributed by atoms with van der Waals surface area (Å²) in [4.78, 5) is 0. The second kappa shape index (κ2) is 8.34. The van der Waals surface area contributed by atoms with Crippen molar-refractivity contribution in [3.8, 4) is 0 Å². The van der Waals surface area contributed by atoms with Gasteiger partial charge in [0.25, 0.3) is 0 Å². The topological polar surface area (TPSA) is 60.7 Å². The van der Waals surface area contributed by atoms with Crippen LogP contribution in [0.1, 0.15) is 98.8 Å². The normalized spacial score (nSPS) is 54.2. The van der Waals surface area contributed by atoms with Crippen molar-refractivity contribution >= 4 is 0 Å². The van der Waals surface area contributed by atoms with E-state index in [2.05, 4.69) is 34.6 Å². The van der Waals surface area contributed by atoms with Crippen LogP contribution in [0.3, 0.4) is 0 Å². The lowest BCUT2D eigenvalue weighted by molar-refractivity contribution is -0.235. The Kier molecular flexibility index (Phi) is 6.41. The van der Waals surface area contributed by atoms with Crippen molar-refractivity contribution in [3.05, 3.63) is 0 Å². The van der Waals surface area contributed by atoms with Crippen molar-refractivity contribution in [1.82, 2.24) is 0 Å². The Morgan fingerprint density at radius 3 is 2.37 bits per heavy atom. The monoisotopic (exact) mass is 420 g/mol. The molecular weight excluding hydrogens is 372 g/mol. The van der Waals surface area contributed by atoms with Crippen LogP contribution in [-0.2, 0) is 0 Å². The van der Waals surface area contributed by atoms with E-state index in [4.69, 9.17) is 0 Å². The molecule has 3 unspecified atom stereocenters. The first-order valence-electron chi connectivity index (χ1n) is 13.2. The second-order valence-electron chi connectivity index (χ2n) is 12.4. The van der Waals surface area contributed by atoms with E-state index in [-0.39, 0.29) is 46.9 Å². The summed E-state index contributed by atoms with van der Waals surface area (Å²) < 4.78 is 0. The van der Waals surface area contributed by atoms with Crippen molar-refractivity contribution in [2.45, 2.75) is 117 Å². The van der Waals surface area contributed by atoms with E-state index in [1.165, 1.54) is 32.1 Å². The summed E-state index contributed by atoms with van der Waals surface area (Å²) in [5.74, 6) is 2.93. The fraction of sp³-hybridized carbons (Fsp3) is 1.00. The molecule has 174 valence electrons. The lowest BCUT2D eigenvalue weighted by Gasteiger charge is -2.66. The quantitative estimate of drug-likeness (QED) is 0.557. The number of aliphatic hydroxyl groups is 3. The fourth-order valence-electron chi connectivity index (χ4n) is 9.77. The van der Waals surface area contributed by atoms with Crippen molar-refractivity contribution < 1.29 is 15.3 Å². The molecule has 3 heteroatoms. The van der Waals surface area contributed by atoms with Gasteiger partial charge in [-0.1, -0.05) is 60.3 Å². The van der Waals surface area contributed by atoms with Gasteiger partial charge in [-0.15, -0.1) is 0 Å². The third kappa shape index (κ3) is 3.32. The third-order valence-corrected chi connectivity index (χ3v) is 11.1. The average Bonchev–Trinajstić information content (AvgIpc) is 3.04. The van der Waals surface area contributed by atoms with E-state index in [0.717, 1.165) is 32.1 Å². The molecule has 0 aromatic rings. The Bertz CT molecular complexity index is 607. The molecule has 0 amide bonds. The molecule has 0 saturated heterocycles. The van der Waals surface area contributed by atoms with Gasteiger partial charge >= 0.3 is 0 Å². The van der Waals surface area contributed by atoms with E-state index in [1.807, 2.05) is 0 Å². The summed E-state index contributed by atoms with van der Waals surface area (Å²) in [5.41, 5.74) is 0.209. The zero-order chi connectivity index (χ0) is 21.8. The van der Waals surface area contributed by atoms with Gasteiger partial charge in [-0.3, -0.25) is 0 Å². The average molecular weight is 421 g/mol. The molecule has 12 atom stereocenters. The zero-order valence-corrected chi connectivity index (χ0v) is 20.2. The maximum atomic E-state index is 11.8. The Morgan fingerprint density at radius 2 is 1.70 bits per heavy atom. The van der Waals surface area contributed by atoms with Gasteiger partial charge in [0.15, 0.2) is 0 Å². The van der Waals surface area contributed by atoms with Gasteiger partial charge in [0.2, 0.25) is 0 Å². The molecule has 0 aromatic heterocycles. The molecule has 0 spiro atoms. The van der Waals surface area contributed by atoms with Crippen molar-refractivity contribution in [3.63, 3.8) is 0 Å². The number of hydrogen-bond acceptors (Lipinski definition) is 3. The summed E-state index contributed by atoms with van der Waals surface area (Å²) in [6.07, 6.45) is 10.0. The highest BCUT2D eigenvalue weighted by Crippen LogP contribution is 2.69. The van der Waals surface area contributed by atoms with Gasteiger partial charge in [0.05, 0.1) is 18.3 Å². The van der Waals surface area contributed by atoms with E-state index in [1.54, 1.807) is 0 Å². The summed E-state index contributed by atoms with van der Waals surface area (Å²) in [6.45, 7) is 11.8. The molecule has 4 aliphatic rings. The lowest BCUT2D eigenvalue weighted by Crippen LogP contribution is -2.65. The summed E-state index contributed by atoms with van der Waals surface area (Å²) >= 11 is 0. The van der Waals surface area contributed by atoms with Crippen LogP contribution in [0.5, 0.6) is 0 Å². The number of aliphatic hydroxyl groups excluding tert-OH is 3. The van der Waals surface area contributed by atoms with Crippen LogP contribution in [0.25, 0.3) is 0 Å². The molecule has 4 rings (SSSR count). The molecule has 0 bridgehead atoms. The molecule has 0 heterocycles. The standard InChI is InChI=1S/C27H48O3/c1-6-8-9-16(3)19-10-11-20-23-24(22(29)15-27(19,20)5)26(4)13-12-17(28)14-21(26)18(7-2)25(23)30/h16-25,28-30H,6-15H2,1-5H3/t16-,17-,18-,19-,20?,21+,22?,23+,24?,25-,26+,27-/m1/s1. The van der Waals surface area contributed by atoms with E-state index >= 15 is 0 Å². The predicted octanol–water partition coefficient (Wildman–Crippen LogP) is 5.41.